The lowest BCUT2D eigenvalue weighted by atomic mass is 10.2. The summed E-state index contributed by atoms with van der Waals surface area (Å²) >= 11 is 0. The van der Waals surface area contributed by atoms with Crippen LogP contribution in [0.15, 0.2) is 24.3 Å². The van der Waals surface area contributed by atoms with Gasteiger partial charge in [-0.05, 0) is 12.1 Å². The minimum Gasteiger partial charge on any atom is -0.480 e. The van der Waals surface area contributed by atoms with Crippen molar-refractivity contribution in [1.82, 2.24) is 19.6 Å². The predicted octanol–water partition coefficient (Wildman–Crippen LogP) is 1.15. The number of benzene rings is 1. The summed E-state index contributed by atoms with van der Waals surface area (Å²) in [6.07, 6.45) is 0. The van der Waals surface area contributed by atoms with Crippen molar-refractivity contribution < 1.29 is 29.7 Å². The highest BCUT2D eigenvalue weighted by Crippen LogP contribution is 2.25. The highest BCUT2D eigenvalue weighted by atomic mass is 35.5. The molecule has 6 N–H and O–H groups in total. The second kappa shape index (κ2) is 20.7. The van der Waals surface area contributed by atoms with E-state index in [1.807, 2.05) is 0 Å². The number of nitrogens with one attached hydrogen (secondary N) is 1. The van der Waals surface area contributed by atoms with Crippen molar-refractivity contribution in [2.75, 3.05) is 77.7 Å². The van der Waals surface area contributed by atoms with Crippen molar-refractivity contribution in [3.63, 3.8) is 0 Å². The van der Waals surface area contributed by atoms with E-state index in [2.05, 4.69) is 5.32 Å². The summed E-state index contributed by atoms with van der Waals surface area (Å²) < 4.78 is 0.0648. The molecular formula is C20H37Cl5N5O6+. The molecule has 11 nitrogen and oxygen atoms in total. The maximum absolute atomic E-state index is 11.8. The number of carboxylic acids is 3. The quantitative estimate of drug-likeness (QED) is 0.221. The first-order chi connectivity index (χ1) is 14.7. The first-order valence-corrected chi connectivity index (χ1v) is 10.2. The molecule has 0 unspecified atom stereocenters. The Bertz CT molecular complexity index is 748. The Morgan fingerprint density at radius 3 is 1.53 bits per heavy atom. The number of halogens is 5. The molecular weight excluding hydrogens is 584 g/mol. The van der Waals surface area contributed by atoms with E-state index >= 15 is 0 Å². The summed E-state index contributed by atoms with van der Waals surface area (Å²) in [5, 5.41) is 31.4. The second-order valence-electron chi connectivity index (χ2n) is 7.83. The number of nitrogen functional groups attached to an aromatic ring is 1. The molecule has 0 radical (unpaired) electrons. The summed E-state index contributed by atoms with van der Waals surface area (Å²) in [6, 6.07) is 6.99. The third kappa shape index (κ3) is 14.5. The van der Waals surface area contributed by atoms with Gasteiger partial charge in [-0.2, -0.15) is 0 Å². The summed E-state index contributed by atoms with van der Waals surface area (Å²) in [4.78, 5) is 38.0. The molecule has 36 heavy (non-hydrogen) atoms. The molecule has 1 heterocycles. The van der Waals surface area contributed by atoms with Crippen LogP contribution in [0.5, 0.6) is 0 Å². The highest BCUT2D eigenvalue weighted by Gasteiger charge is 2.35. The minimum absolute atomic E-state index is 0. The Morgan fingerprint density at radius 2 is 1.17 bits per heavy atom. The van der Waals surface area contributed by atoms with Gasteiger partial charge in [-0.15, -0.1) is 62.0 Å². The van der Waals surface area contributed by atoms with E-state index in [1.54, 1.807) is 34.1 Å². The average Bonchev–Trinajstić information content (AvgIpc) is 2.67. The molecule has 1 aliphatic rings. The number of quaternary nitrogens is 1. The number of aliphatic carboxylic acids is 3. The lowest BCUT2D eigenvalue weighted by molar-refractivity contribution is -0.140. The zero-order valence-electron chi connectivity index (χ0n) is 19.6. The number of anilines is 1. The zero-order valence-corrected chi connectivity index (χ0v) is 23.7. The van der Waals surface area contributed by atoms with Crippen LogP contribution in [0.3, 0.4) is 0 Å². The van der Waals surface area contributed by atoms with Gasteiger partial charge in [0.2, 0.25) is 0 Å². The molecule has 2 rings (SSSR count). The summed E-state index contributed by atoms with van der Waals surface area (Å²) in [7, 11) is 0. The summed E-state index contributed by atoms with van der Waals surface area (Å²) in [6.45, 7) is 3.08. The second-order valence-corrected chi connectivity index (χ2v) is 7.83. The molecule has 0 bridgehead atoms. The van der Waals surface area contributed by atoms with Crippen LogP contribution in [-0.4, -0.2) is 115 Å². The predicted molar refractivity (Wildman–Crippen MR) is 152 cm³/mol. The fraction of sp³-hybridized carbons (Fsp3) is 0.550. The van der Waals surface area contributed by atoms with E-state index in [1.165, 1.54) is 0 Å². The number of hydrogen-bond donors (Lipinski definition) is 5. The fourth-order valence-corrected chi connectivity index (χ4v) is 3.86. The Morgan fingerprint density at radius 1 is 0.750 bits per heavy atom. The van der Waals surface area contributed by atoms with Crippen molar-refractivity contribution in [2.45, 2.75) is 0 Å². The number of carbonyl (C=O) groups is 3. The smallest absolute Gasteiger partial charge is 0.359 e. The van der Waals surface area contributed by atoms with Crippen LogP contribution < -0.4 is 15.5 Å². The topological polar surface area (TPSA) is 156 Å². The molecule has 1 aliphatic heterocycles. The van der Waals surface area contributed by atoms with Crippen molar-refractivity contribution in [3.05, 3.63) is 24.3 Å². The van der Waals surface area contributed by atoms with Gasteiger partial charge in [-0.25, -0.2) is 4.79 Å². The van der Waals surface area contributed by atoms with Gasteiger partial charge in [-0.3, -0.25) is 23.9 Å². The first-order valence-electron chi connectivity index (χ1n) is 10.2. The zero-order chi connectivity index (χ0) is 22.9. The van der Waals surface area contributed by atoms with Crippen LogP contribution in [0.25, 0.3) is 0 Å². The van der Waals surface area contributed by atoms with Crippen LogP contribution in [0.4, 0.5) is 11.4 Å². The van der Waals surface area contributed by atoms with Gasteiger partial charge >= 0.3 is 17.9 Å². The summed E-state index contributed by atoms with van der Waals surface area (Å²) in [5.41, 5.74) is 7.12. The fourth-order valence-electron chi connectivity index (χ4n) is 3.86. The average molecular weight is 621 g/mol. The molecule has 0 spiro atoms. The van der Waals surface area contributed by atoms with E-state index in [9.17, 15) is 29.7 Å². The molecule has 0 aliphatic carbocycles. The molecule has 1 aromatic carbocycles. The summed E-state index contributed by atoms with van der Waals surface area (Å²) in [5.74, 6) is -2.87. The van der Waals surface area contributed by atoms with Crippen LogP contribution in [0.1, 0.15) is 0 Å². The van der Waals surface area contributed by atoms with Crippen LogP contribution >= 0.6 is 62.0 Å². The minimum atomic E-state index is -0.986. The van der Waals surface area contributed by atoms with Crippen molar-refractivity contribution in [1.29, 1.82) is 0 Å². The normalized spacial score (nSPS) is 16.4. The third-order valence-electron chi connectivity index (χ3n) is 5.49. The molecule has 0 amide bonds. The van der Waals surface area contributed by atoms with E-state index in [0.717, 1.165) is 5.69 Å². The van der Waals surface area contributed by atoms with Gasteiger partial charge in [0.15, 0.2) is 6.54 Å². The molecule has 16 heteroatoms. The van der Waals surface area contributed by atoms with E-state index in [-0.39, 0.29) is 86.2 Å². The van der Waals surface area contributed by atoms with E-state index in [4.69, 9.17) is 5.73 Å². The highest BCUT2D eigenvalue weighted by molar-refractivity contribution is 5.86. The van der Waals surface area contributed by atoms with E-state index in [0.29, 0.717) is 58.0 Å². The Kier molecular flexibility index (Phi) is 24.1. The largest absolute Gasteiger partial charge is 0.480 e. The van der Waals surface area contributed by atoms with Crippen LogP contribution in [-0.2, 0) is 14.4 Å². The van der Waals surface area contributed by atoms with Crippen molar-refractivity contribution >= 4 is 91.3 Å². The molecule has 1 saturated heterocycles. The van der Waals surface area contributed by atoms with Gasteiger partial charge in [0.1, 0.15) is 5.69 Å². The van der Waals surface area contributed by atoms with Crippen molar-refractivity contribution in [3.8, 4) is 0 Å². The van der Waals surface area contributed by atoms with Gasteiger partial charge in [0.25, 0.3) is 0 Å². The lowest BCUT2D eigenvalue weighted by Crippen LogP contribution is -2.59. The molecule has 0 atom stereocenters. The monoisotopic (exact) mass is 618 g/mol. The molecule has 0 aromatic heterocycles. The first kappa shape index (κ1) is 41.8. The van der Waals surface area contributed by atoms with Gasteiger partial charge < -0.3 is 26.4 Å². The number of rotatable bonds is 7. The Balaban J connectivity index is -0.00000102. The van der Waals surface area contributed by atoms with Gasteiger partial charge in [-0.1, -0.05) is 0 Å². The standard InChI is InChI=1S/C20H31N5O6.5ClH/c21-16-1-3-17(4-2-16)25(15-20(30)31)11-9-23(13-18(26)27)7-5-22-6-8-24(10-12-25)14-19(28)29;;;;;/h1-4,22H,5-15,21H2,(H2-,26,27,28,29,30,31);5*1H/p+1. The molecule has 0 saturated carbocycles. The number of carboxylic acid groups (broad SMARTS) is 3. The van der Waals surface area contributed by atoms with Crippen molar-refractivity contribution in [2.24, 2.45) is 0 Å². The Hall–Kier alpha value is -1.28. The van der Waals surface area contributed by atoms with Crippen LogP contribution in [0.2, 0.25) is 0 Å². The molecule has 1 fully saturated rings. The molecule has 1 aromatic rings. The Labute approximate surface area is 242 Å². The SMILES string of the molecule is Cl.Cl.Cl.Cl.Cl.Nc1ccc([N+]2(CC(=O)O)CCN(CC(=O)O)CCNCCN(CC(=O)O)CC2)cc1. The number of nitrogens with zero attached hydrogens (tertiary/aromatic N) is 3. The molecule has 212 valence electrons. The third-order valence-corrected chi connectivity index (χ3v) is 5.49. The van der Waals surface area contributed by atoms with Crippen LogP contribution in [0, 0.1) is 0 Å². The maximum atomic E-state index is 11.8. The van der Waals surface area contributed by atoms with Gasteiger partial charge in [0, 0.05) is 57.1 Å². The number of nitrogens with two attached hydrogens (primary N) is 1. The van der Waals surface area contributed by atoms with Gasteiger partial charge in [0.05, 0.1) is 26.2 Å². The lowest BCUT2D eigenvalue weighted by Gasteiger charge is -2.40. The maximum Gasteiger partial charge on any atom is 0.359 e. The number of hydrogen-bond acceptors (Lipinski definition) is 7. The van der Waals surface area contributed by atoms with E-state index < -0.39 is 17.9 Å².